The largest absolute Gasteiger partial charge is 0.289 e. The van der Waals surface area contributed by atoms with Crippen LogP contribution in [0.2, 0.25) is 0 Å². The van der Waals surface area contributed by atoms with Gasteiger partial charge in [-0.1, -0.05) is 52.9 Å². The van der Waals surface area contributed by atoms with Crippen LogP contribution in [-0.2, 0) is 4.57 Å². The van der Waals surface area contributed by atoms with E-state index in [1.165, 1.54) is 32.1 Å². The highest BCUT2D eigenvalue weighted by Gasteiger charge is 2.55. The SMILES string of the molecule is CCCCCCCCP(=O)(N1CC1CC)N1CC1CC. The number of nitrogens with zero attached hydrogens (tertiary/aromatic N) is 2. The van der Waals surface area contributed by atoms with Gasteiger partial charge in [-0.3, -0.25) is 4.57 Å². The molecule has 2 aliphatic rings. The summed E-state index contributed by atoms with van der Waals surface area (Å²) in [6.07, 6.45) is 11.0. The van der Waals surface area contributed by atoms with Crippen molar-refractivity contribution in [2.45, 2.75) is 84.2 Å². The van der Waals surface area contributed by atoms with E-state index in [4.69, 9.17) is 0 Å². The quantitative estimate of drug-likeness (QED) is 0.313. The fourth-order valence-electron chi connectivity index (χ4n) is 3.29. The molecule has 4 atom stereocenters. The second-order valence-electron chi connectivity index (χ2n) is 6.52. The van der Waals surface area contributed by atoms with E-state index in [0.717, 1.165) is 38.5 Å². The lowest BCUT2D eigenvalue weighted by molar-refractivity contribution is 0.492. The Morgan fingerprint density at radius 3 is 1.80 bits per heavy atom. The Hall–Kier alpha value is 0.150. The Bertz CT molecular complexity index is 325. The average Bonchev–Trinajstić information content (AvgIpc) is 3.35. The summed E-state index contributed by atoms with van der Waals surface area (Å²) in [5.41, 5.74) is 0. The van der Waals surface area contributed by atoms with Crippen molar-refractivity contribution in [3.63, 3.8) is 0 Å². The van der Waals surface area contributed by atoms with E-state index in [-0.39, 0.29) is 0 Å². The zero-order chi connectivity index (χ0) is 14.6. The van der Waals surface area contributed by atoms with Crippen molar-refractivity contribution in [2.24, 2.45) is 0 Å². The molecular weight excluding hydrogens is 267 g/mol. The van der Waals surface area contributed by atoms with Crippen LogP contribution in [0.5, 0.6) is 0 Å². The van der Waals surface area contributed by atoms with E-state index in [1.807, 2.05) is 0 Å². The maximum Gasteiger partial charge on any atom is 0.217 e. The summed E-state index contributed by atoms with van der Waals surface area (Å²) in [6.45, 7) is 8.86. The molecule has 2 aliphatic heterocycles. The zero-order valence-electron chi connectivity index (χ0n) is 13.7. The molecule has 2 fully saturated rings. The van der Waals surface area contributed by atoms with Crippen molar-refractivity contribution < 1.29 is 4.57 Å². The molecule has 0 aromatic rings. The Morgan fingerprint density at radius 1 is 0.850 bits per heavy atom. The van der Waals surface area contributed by atoms with Gasteiger partial charge in [-0.2, -0.15) is 0 Å². The predicted octanol–water partition coefficient (Wildman–Crippen LogP) is 4.73. The Kier molecular flexibility index (Phi) is 6.13. The van der Waals surface area contributed by atoms with Gasteiger partial charge in [0, 0.05) is 31.3 Å². The van der Waals surface area contributed by atoms with Gasteiger partial charge in [-0.25, -0.2) is 9.34 Å². The van der Waals surface area contributed by atoms with Crippen LogP contribution in [0, 0.1) is 0 Å². The first kappa shape index (κ1) is 16.5. The van der Waals surface area contributed by atoms with Crippen LogP contribution in [0.25, 0.3) is 0 Å². The summed E-state index contributed by atoms with van der Waals surface area (Å²) in [5.74, 6) is 0. The fourth-order valence-corrected chi connectivity index (χ4v) is 6.96. The molecule has 0 spiro atoms. The van der Waals surface area contributed by atoms with Crippen LogP contribution in [0.3, 0.4) is 0 Å². The molecule has 0 aromatic heterocycles. The summed E-state index contributed by atoms with van der Waals surface area (Å²) in [7, 11) is -2.18. The van der Waals surface area contributed by atoms with Crippen LogP contribution >= 0.6 is 7.44 Å². The topological polar surface area (TPSA) is 23.1 Å². The Balaban J connectivity index is 1.77. The molecule has 3 nitrogen and oxygen atoms in total. The van der Waals surface area contributed by atoms with Crippen molar-refractivity contribution in [1.29, 1.82) is 0 Å². The van der Waals surface area contributed by atoms with Crippen LogP contribution in [0.4, 0.5) is 0 Å². The highest BCUT2D eigenvalue weighted by Crippen LogP contribution is 2.65. The lowest BCUT2D eigenvalue weighted by atomic mass is 10.1. The molecule has 0 N–H and O–H groups in total. The van der Waals surface area contributed by atoms with Crippen molar-refractivity contribution in [3.8, 4) is 0 Å². The van der Waals surface area contributed by atoms with Crippen molar-refractivity contribution >= 4 is 7.44 Å². The first-order chi connectivity index (χ1) is 9.67. The number of unbranched alkanes of at least 4 members (excludes halogenated alkanes) is 5. The normalized spacial score (nSPS) is 34.8. The lowest BCUT2D eigenvalue weighted by Gasteiger charge is -2.22. The summed E-state index contributed by atoms with van der Waals surface area (Å²) in [6, 6.07) is 1.22. The van der Waals surface area contributed by atoms with Gasteiger partial charge in [0.05, 0.1) is 0 Å². The van der Waals surface area contributed by atoms with E-state index < -0.39 is 7.44 Å². The number of hydrogen-bond acceptors (Lipinski definition) is 1. The van der Waals surface area contributed by atoms with Crippen molar-refractivity contribution in [2.75, 3.05) is 19.3 Å². The second kappa shape index (κ2) is 7.42. The highest BCUT2D eigenvalue weighted by molar-refractivity contribution is 7.59. The van der Waals surface area contributed by atoms with E-state index in [1.54, 1.807) is 0 Å². The third-order valence-corrected chi connectivity index (χ3v) is 8.40. The predicted molar refractivity (Wildman–Crippen MR) is 87.4 cm³/mol. The highest BCUT2D eigenvalue weighted by atomic mass is 31.2. The maximum atomic E-state index is 13.4. The standard InChI is InChI=1S/C16H33N2OP/c1-4-7-8-9-10-11-12-20(19,17-13-15(17)5-2)18-14-16(18)6-3/h15-16H,4-14H2,1-3H3. The van der Waals surface area contributed by atoms with Crippen LogP contribution < -0.4 is 0 Å². The monoisotopic (exact) mass is 300 g/mol. The molecule has 2 rings (SSSR count). The molecule has 4 unspecified atom stereocenters. The maximum absolute atomic E-state index is 13.4. The Morgan fingerprint density at radius 2 is 1.35 bits per heavy atom. The fraction of sp³-hybridized carbons (Fsp3) is 1.00. The minimum atomic E-state index is -2.18. The van der Waals surface area contributed by atoms with Gasteiger partial charge in [0.25, 0.3) is 0 Å². The summed E-state index contributed by atoms with van der Waals surface area (Å²) >= 11 is 0. The molecule has 2 saturated heterocycles. The minimum Gasteiger partial charge on any atom is -0.289 e. The smallest absolute Gasteiger partial charge is 0.217 e. The first-order valence-electron chi connectivity index (χ1n) is 8.80. The molecule has 0 bridgehead atoms. The summed E-state index contributed by atoms with van der Waals surface area (Å²) < 4.78 is 18.1. The van der Waals surface area contributed by atoms with E-state index in [0.29, 0.717) is 12.1 Å². The molecule has 2 heterocycles. The van der Waals surface area contributed by atoms with Crippen molar-refractivity contribution in [1.82, 2.24) is 9.34 Å². The molecule has 20 heavy (non-hydrogen) atoms. The third-order valence-electron chi connectivity index (χ3n) is 4.92. The van der Waals surface area contributed by atoms with Gasteiger partial charge in [-0.05, 0) is 19.3 Å². The van der Waals surface area contributed by atoms with Gasteiger partial charge >= 0.3 is 0 Å². The van der Waals surface area contributed by atoms with E-state index >= 15 is 0 Å². The molecule has 0 aromatic carbocycles. The molecular formula is C16H33N2OP. The van der Waals surface area contributed by atoms with Crippen LogP contribution in [0.1, 0.15) is 72.1 Å². The summed E-state index contributed by atoms with van der Waals surface area (Å²) in [5, 5.41) is 0. The Labute approximate surface area is 125 Å². The number of rotatable bonds is 11. The van der Waals surface area contributed by atoms with E-state index in [9.17, 15) is 4.57 Å². The van der Waals surface area contributed by atoms with Gasteiger partial charge in [0.2, 0.25) is 7.44 Å². The molecule has 0 aliphatic carbocycles. The minimum absolute atomic E-state index is 0.610. The second-order valence-corrected chi connectivity index (χ2v) is 9.33. The summed E-state index contributed by atoms with van der Waals surface area (Å²) in [4.78, 5) is 0. The van der Waals surface area contributed by atoms with E-state index in [2.05, 4.69) is 30.1 Å². The van der Waals surface area contributed by atoms with Crippen LogP contribution in [-0.4, -0.2) is 40.7 Å². The van der Waals surface area contributed by atoms with Gasteiger partial charge < -0.3 is 0 Å². The van der Waals surface area contributed by atoms with Gasteiger partial charge in [0.1, 0.15) is 0 Å². The van der Waals surface area contributed by atoms with Crippen molar-refractivity contribution in [3.05, 3.63) is 0 Å². The van der Waals surface area contributed by atoms with Gasteiger partial charge in [-0.15, -0.1) is 0 Å². The third kappa shape index (κ3) is 3.87. The van der Waals surface area contributed by atoms with Crippen LogP contribution in [0.15, 0.2) is 0 Å². The molecule has 118 valence electrons. The molecule has 4 heteroatoms. The first-order valence-corrected chi connectivity index (χ1v) is 10.6. The molecule has 0 radical (unpaired) electrons. The molecule has 0 amide bonds. The molecule has 0 saturated carbocycles. The van der Waals surface area contributed by atoms with Gasteiger partial charge in [0.15, 0.2) is 0 Å². The zero-order valence-corrected chi connectivity index (χ0v) is 14.6. The number of hydrogen-bond donors (Lipinski definition) is 0. The lowest BCUT2D eigenvalue weighted by Crippen LogP contribution is -2.12. The average molecular weight is 300 g/mol.